The molecule has 0 aliphatic carbocycles. The average Bonchev–Trinajstić information content (AvgIpc) is 3.42. The number of halogens is 1. The summed E-state index contributed by atoms with van der Waals surface area (Å²) in [5.41, 5.74) is 4.22. The van der Waals surface area contributed by atoms with Crippen molar-refractivity contribution in [2.75, 3.05) is 33.3 Å². The first kappa shape index (κ1) is 21.4. The maximum atomic E-state index is 5.59. The quantitative estimate of drug-likeness (QED) is 0.564. The summed E-state index contributed by atoms with van der Waals surface area (Å²) in [5.74, 6) is 0.846. The van der Waals surface area contributed by atoms with Crippen LogP contribution in [0.25, 0.3) is 16.9 Å². The van der Waals surface area contributed by atoms with Gasteiger partial charge in [-0.25, -0.2) is 4.68 Å². The Balaban J connectivity index is 0.00000240. The third kappa shape index (κ3) is 5.18. The predicted molar refractivity (Wildman–Crippen MR) is 120 cm³/mol. The van der Waals surface area contributed by atoms with Gasteiger partial charge in [0.2, 0.25) is 0 Å². The highest BCUT2D eigenvalue weighted by atomic mass is 35.5. The van der Waals surface area contributed by atoms with E-state index < -0.39 is 0 Å². The molecule has 0 amide bonds. The normalized spacial score (nSPS) is 14.0. The molecular weight excluding hydrogens is 384 g/mol. The van der Waals surface area contributed by atoms with Gasteiger partial charge in [-0.3, -0.25) is 0 Å². The fourth-order valence-electron chi connectivity index (χ4n) is 3.79. The van der Waals surface area contributed by atoms with Gasteiger partial charge in [-0.15, -0.1) is 12.4 Å². The lowest BCUT2D eigenvalue weighted by Gasteiger charge is -2.14. The number of aromatic nitrogens is 2. The van der Waals surface area contributed by atoms with E-state index >= 15 is 0 Å². The topological polar surface area (TPSA) is 42.3 Å². The van der Waals surface area contributed by atoms with Gasteiger partial charge in [0.1, 0.15) is 11.4 Å². The highest BCUT2D eigenvalue weighted by Gasteiger charge is 2.16. The maximum absolute atomic E-state index is 5.59. The van der Waals surface area contributed by atoms with E-state index in [1.807, 2.05) is 41.1 Å². The zero-order valence-electron chi connectivity index (χ0n) is 16.9. The maximum Gasteiger partial charge on any atom is 0.128 e. The zero-order valence-corrected chi connectivity index (χ0v) is 17.7. The van der Waals surface area contributed by atoms with Crippen molar-refractivity contribution in [3.05, 3.63) is 66.4 Å². The second kappa shape index (κ2) is 10.4. The number of nitrogens with one attached hydrogen (secondary N) is 1. The number of benzene rings is 2. The molecule has 0 saturated carbocycles. The van der Waals surface area contributed by atoms with Crippen LogP contribution in [0, 0.1) is 0 Å². The van der Waals surface area contributed by atoms with Crippen molar-refractivity contribution in [3.63, 3.8) is 0 Å². The number of ether oxygens (including phenoxy) is 1. The smallest absolute Gasteiger partial charge is 0.128 e. The van der Waals surface area contributed by atoms with Crippen LogP contribution >= 0.6 is 12.4 Å². The number of methoxy groups -OCH3 is 1. The Morgan fingerprint density at radius 3 is 2.48 bits per heavy atom. The van der Waals surface area contributed by atoms with Crippen LogP contribution in [0.2, 0.25) is 0 Å². The zero-order chi connectivity index (χ0) is 19.2. The fourth-order valence-corrected chi connectivity index (χ4v) is 3.79. The molecule has 4 rings (SSSR count). The summed E-state index contributed by atoms with van der Waals surface area (Å²) in [6, 6.07) is 18.3. The Hall–Kier alpha value is -2.34. The van der Waals surface area contributed by atoms with Gasteiger partial charge in [0, 0.05) is 37.0 Å². The minimum atomic E-state index is 0. The van der Waals surface area contributed by atoms with Gasteiger partial charge < -0.3 is 15.0 Å². The Labute approximate surface area is 179 Å². The number of para-hydroxylation sites is 2. The van der Waals surface area contributed by atoms with Crippen molar-refractivity contribution in [2.45, 2.75) is 19.4 Å². The Morgan fingerprint density at radius 1 is 1.00 bits per heavy atom. The van der Waals surface area contributed by atoms with Crippen molar-refractivity contribution < 1.29 is 4.74 Å². The van der Waals surface area contributed by atoms with Gasteiger partial charge in [-0.05, 0) is 50.2 Å². The molecule has 2 heterocycles. The molecule has 0 atom stereocenters. The first-order chi connectivity index (χ1) is 13.8. The van der Waals surface area contributed by atoms with E-state index in [1.54, 1.807) is 7.11 Å². The molecule has 0 spiro atoms. The van der Waals surface area contributed by atoms with Gasteiger partial charge in [-0.1, -0.05) is 30.3 Å². The van der Waals surface area contributed by atoms with Crippen LogP contribution in [0.3, 0.4) is 0 Å². The van der Waals surface area contributed by atoms with Crippen LogP contribution in [0.5, 0.6) is 5.75 Å². The van der Waals surface area contributed by atoms with E-state index in [0.717, 1.165) is 42.3 Å². The molecule has 3 aromatic rings. The summed E-state index contributed by atoms with van der Waals surface area (Å²) in [5, 5.41) is 8.51. The molecule has 29 heavy (non-hydrogen) atoms. The van der Waals surface area contributed by atoms with E-state index in [9.17, 15) is 0 Å². The predicted octanol–water partition coefficient (Wildman–Crippen LogP) is 4.16. The number of hydrogen-bond donors (Lipinski definition) is 1. The van der Waals surface area contributed by atoms with E-state index in [4.69, 9.17) is 9.84 Å². The SMILES string of the molecule is COc1ccccc1-c1nn(-c2ccccc2)cc1CNCCN1CCCC1.Cl. The van der Waals surface area contributed by atoms with Crippen molar-refractivity contribution in [1.29, 1.82) is 0 Å². The average molecular weight is 413 g/mol. The lowest BCUT2D eigenvalue weighted by Crippen LogP contribution is -2.29. The molecule has 1 aliphatic rings. The lowest BCUT2D eigenvalue weighted by atomic mass is 10.1. The van der Waals surface area contributed by atoms with E-state index in [0.29, 0.717) is 0 Å². The summed E-state index contributed by atoms with van der Waals surface area (Å²) in [6.45, 7) is 5.35. The van der Waals surface area contributed by atoms with Gasteiger partial charge in [-0.2, -0.15) is 5.10 Å². The summed E-state index contributed by atoms with van der Waals surface area (Å²) < 4.78 is 7.54. The minimum Gasteiger partial charge on any atom is -0.496 e. The molecule has 0 bridgehead atoms. The molecular formula is C23H29ClN4O. The fraction of sp³-hybridized carbons (Fsp3) is 0.348. The minimum absolute atomic E-state index is 0. The summed E-state index contributed by atoms with van der Waals surface area (Å²) in [6.07, 6.45) is 4.80. The molecule has 1 aromatic heterocycles. The second-order valence-electron chi connectivity index (χ2n) is 7.21. The van der Waals surface area contributed by atoms with Crippen LogP contribution in [0.15, 0.2) is 60.8 Å². The second-order valence-corrected chi connectivity index (χ2v) is 7.21. The standard InChI is InChI=1S/C23H28N4O.ClH/c1-28-22-12-6-5-11-21(22)23-19(17-24-13-16-26-14-7-8-15-26)18-27(25-23)20-9-3-2-4-10-20;/h2-6,9-12,18,24H,7-8,13-17H2,1H3;1H. The van der Waals surface area contributed by atoms with Gasteiger partial charge in [0.15, 0.2) is 0 Å². The molecule has 154 valence electrons. The van der Waals surface area contributed by atoms with Gasteiger partial charge >= 0.3 is 0 Å². The first-order valence-electron chi connectivity index (χ1n) is 10.1. The van der Waals surface area contributed by atoms with Crippen LogP contribution in [0.4, 0.5) is 0 Å². The molecule has 0 unspecified atom stereocenters. The van der Waals surface area contributed by atoms with E-state index in [-0.39, 0.29) is 12.4 Å². The Bertz CT molecular complexity index is 891. The number of rotatable bonds is 8. The number of likely N-dealkylation sites (tertiary alicyclic amines) is 1. The summed E-state index contributed by atoms with van der Waals surface area (Å²) in [4.78, 5) is 2.53. The summed E-state index contributed by atoms with van der Waals surface area (Å²) in [7, 11) is 1.71. The van der Waals surface area contributed by atoms with Crippen LogP contribution in [0.1, 0.15) is 18.4 Å². The van der Waals surface area contributed by atoms with Crippen LogP contribution < -0.4 is 10.1 Å². The largest absolute Gasteiger partial charge is 0.496 e. The Morgan fingerprint density at radius 2 is 1.72 bits per heavy atom. The van der Waals surface area contributed by atoms with E-state index in [1.165, 1.54) is 31.5 Å². The molecule has 1 aliphatic heterocycles. The van der Waals surface area contributed by atoms with Crippen molar-refractivity contribution in [3.8, 4) is 22.7 Å². The van der Waals surface area contributed by atoms with Crippen LogP contribution in [-0.2, 0) is 6.54 Å². The monoisotopic (exact) mass is 412 g/mol. The molecule has 2 aromatic carbocycles. The number of nitrogens with zero attached hydrogens (tertiary/aromatic N) is 3. The van der Waals surface area contributed by atoms with Crippen molar-refractivity contribution >= 4 is 12.4 Å². The molecule has 1 saturated heterocycles. The lowest BCUT2D eigenvalue weighted by molar-refractivity contribution is 0.335. The highest BCUT2D eigenvalue weighted by molar-refractivity contribution is 5.85. The van der Waals surface area contributed by atoms with E-state index in [2.05, 4.69) is 34.6 Å². The third-order valence-electron chi connectivity index (χ3n) is 5.29. The molecule has 5 nitrogen and oxygen atoms in total. The molecule has 1 N–H and O–H groups in total. The third-order valence-corrected chi connectivity index (χ3v) is 5.29. The summed E-state index contributed by atoms with van der Waals surface area (Å²) >= 11 is 0. The van der Waals surface area contributed by atoms with Crippen molar-refractivity contribution in [2.24, 2.45) is 0 Å². The molecule has 0 radical (unpaired) electrons. The van der Waals surface area contributed by atoms with Crippen molar-refractivity contribution in [1.82, 2.24) is 20.0 Å². The highest BCUT2D eigenvalue weighted by Crippen LogP contribution is 2.31. The number of hydrogen-bond acceptors (Lipinski definition) is 4. The van der Waals surface area contributed by atoms with Crippen LogP contribution in [-0.4, -0.2) is 48.0 Å². The first-order valence-corrected chi connectivity index (χ1v) is 10.1. The molecule has 6 heteroatoms. The van der Waals surface area contributed by atoms with Gasteiger partial charge in [0.05, 0.1) is 12.8 Å². The molecule has 1 fully saturated rings. The van der Waals surface area contributed by atoms with Gasteiger partial charge in [0.25, 0.3) is 0 Å². The Kier molecular flexibility index (Phi) is 7.69.